The predicted octanol–water partition coefficient (Wildman–Crippen LogP) is 2.98. The Balaban J connectivity index is 1.65. The van der Waals surface area contributed by atoms with Crippen molar-refractivity contribution in [2.75, 3.05) is 20.1 Å². The maximum atomic E-state index is 13.0. The van der Waals surface area contributed by atoms with Crippen molar-refractivity contribution in [3.05, 3.63) is 71.3 Å². The summed E-state index contributed by atoms with van der Waals surface area (Å²) in [5.41, 5.74) is 2.18. The third kappa shape index (κ3) is 4.51. The third-order valence-electron chi connectivity index (χ3n) is 4.99. The lowest BCUT2D eigenvalue weighted by Crippen LogP contribution is -2.57. The van der Waals surface area contributed by atoms with E-state index in [-0.39, 0.29) is 5.91 Å². The summed E-state index contributed by atoms with van der Waals surface area (Å²) in [5, 5.41) is 11.1. The van der Waals surface area contributed by atoms with Crippen molar-refractivity contribution in [2.24, 2.45) is 0 Å². The van der Waals surface area contributed by atoms with Crippen LogP contribution in [0.5, 0.6) is 0 Å². The number of rotatable bonds is 6. The van der Waals surface area contributed by atoms with Crippen molar-refractivity contribution in [3.8, 4) is 0 Å². The number of hydrogen-bond donors (Lipinski definition) is 1. The normalized spacial score (nSPS) is 20.6. The first-order valence-corrected chi connectivity index (χ1v) is 9.26. The van der Waals surface area contributed by atoms with Crippen LogP contribution in [0.1, 0.15) is 29.5 Å². The van der Waals surface area contributed by atoms with Crippen molar-refractivity contribution in [2.45, 2.75) is 38.5 Å². The molecule has 1 unspecified atom stereocenters. The van der Waals surface area contributed by atoms with Gasteiger partial charge in [-0.1, -0.05) is 60.2 Å². The van der Waals surface area contributed by atoms with Gasteiger partial charge < -0.3 is 10.0 Å². The van der Waals surface area contributed by atoms with E-state index in [0.29, 0.717) is 32.6 Å². The molecule has 2 aromatic carbocycles. The number of piperidine rings is 1. The average molecular weight is 352 g/mol. The fourth-order valence-electron chi connectivity index (χ4n) is 3.79. The summed E-state index contributed by atoms with van der Waals surface area (Å²) in [6, 6.07) is 18.3. The number of hydrogen-bond acceptors (Lipinski definition) is 3. The maximum Gasteiger partial charge on any atom is 0.256 e. The lowest BCUT2D eigenvalue weighted by Gasteiger charge is -2.40. The largest absolute Gasteiger partial charge is 0.379 e. The zero-order valence-electron chi connectivity index (χ0n) is 15.7. The SMILES string of the molecule is Cc1cccc(CN2CCCC(O)(CN(C)Cc3ccccc3)C2=O)c1. The number of benzene rings is 2. The van der Waals surface area contributed by atoms with Crippen LogP contribution in [0, 0.1) is 6.92 Å². The smallest absolute Gasteiger partial charge is 0.256 e. The van der Waals surface area contributed by atoms with Crippen molar-refractivity contribution in [1.29, 1.82) is 0 Å². The second-order valence-corrected chi connectivity index (χ2v) is 7.51. The van der Waals surface area contributed by atoms with Crippen LogP contribution >= 0.6 is 0 Å². The molecule has 3 rings (SSSR count). The molecule has 0 aromatic heterocycles. The van der Waals surface area contributed by atoms with Gasteiger partial charge in [0, 0.05) is 26.2 Å². The minimum absolute atomic E-state index is 0.148. The van der Waals surface area contributed by atoms with Crippen molar-refractivity contribution >= 4 is 5.91 Å². The van der Waals surface area contributed by atoms with E-state index in [4.69, 9.17) is 0 Å². The number of carbonyl (C=O) groups is 1. The lowest BCUT2D eigenvalue weighted by molar-refractivity contribution is -0.160. The molecule has 1 saturated heterocycles. The fraction of sp³-hybridized carbons (Fsp3) is 0.409. The molecule has 4 nitrogen and oxygen atoms in total. The third-order valence-corrected chi connectivity index (χ3v) is 4.99. The van der Waals surface area contributed by atoms with Crippen LogP contribution in [-0.4, -0.2) is 46.6 Å². The molecule has 1 fully saturated rings. The van der Waals surface area contributed by atoms with Gasteiger partial charge in [0.15, 0.2) is 5.60 Å². The molecule has 0 saturated carbocycles. The molecule has 138 valence electrons. The van der Waals surface area contributed by atoms with Gasteiger partial charge in [-0.2, -0.15) is 0 Å². The van der Waals surface area contributed by atoms with Crippen molar-refractivity contribution in [1.82, 2.24) is 9.80 Å². The Kier molecular flexibility index (Phi) is 5.74. The van der Waals surface area contributed by atoms with E-state index in [1.54, 1.807) is 4.90 Å². The van der Waals surface area contributed by atoms with Gasteiger partial charge in [0.25, 0.3) is 5.91 Å². The van der Waals surface area contributed by atoms with E-state index < -0.39 is 5.60 Å². The molecule has 0 bridgehead atoms. The number of nitrogens with zero attached hydrogens (tertiary/aromatic N) is 2. The molecule has 0 radical (unpaired) electrons. The van der Waals surface area contributed by atoms with Gasteiger partial charge in [-0.3, -0.25) is 9.69 Å². The Bertz CT molecular complexity index is 747. The van der Waals surface area contributed by atoms with Gasteiger partial charge in [-0.25, -0.2) is 0 Å². The summed E-state index contributed by atoms with van der Waals surface area (Å²) < 4.78 is 0. The molecular formula is C22H28N2O2. The maximum absolute atomic E-state index is 13.0. The molecule has 0 spiro atoms. The molecule has 26 heavy (non-hydrogen) atoms. The Hall–Kier alpha value is -2.17. The van der Waals surface area contributed by atoms with Crippen LogP contribution in [0.25, 0.3) is 0 Å². The Morgan fingerprint density at radius 1 is 1.12 bits per heavy atom. The first-order chi connectivity index (χ1) is 12.5. The Morgan fingerprint density at radius 3 is 2.58 bits per heavy atom. The number of likely N-dealkylation sites (tertiary alicyclic amines) is 1. The van der Waals surface area contributed by atoms with E-state index in [1.807, 2.05) is 42.3 Å². The lowest BCUT2D eigenvalue weighted by atomic mass is 9.90. The zero-order chi connectivity index (χ0) is 18.6. The summed E-state index contributed by atoms with van der Waals surface area (Å²) >= 11 is 0. The molecule has 1 amide bonds. The average Bonchev–Trinajstić information content (AvgIpc) is 2.60. The molecule has 1 heterocycles. The van der Waals surface area contributed by atoms with Gasteiger partial charge >= 0.3 is 0 Å². The molecular weight excluding hydrogens is 324 g/mol. The van der Waals surface area contributed by atoms with Crippen LogP contribution in [0.15, 0.2) is 54.6 Å². The molecule has 1 atom stereocenters. The van der Waals surface area contributed by atoms with Crippen LogP contribution in [0.4, 0.5) is 0 Å². The van der Waals surface area contributed by atoms with Gasteiger partial charge in [-0.15, -0.1) is 0 Å². The number of amides is 1. The Morgan fingerprint density at radius 2 is 1.85 bits per heavy atom. The highest BCUT2D eigenvalue weighted by atomic mass is 16.3. The quantitative estimate of drug-likeness (QED) is 0.869. The highest BCUT2D eigenvalue weighted by Gasteiger charge is 2.42. The topological polar surface area (TPSA) is 43.8 Å². The predicted molar refractivity (Wildman–Crippen MR) is 104 cm³/mol. The van der Waals surface area contributed by atoms with Crippen LogP contribution in [-0.2, 0) is 17.9 Å². The summed E-state index contributed by atoms with van der Waals surface area (Å²) in [6.45, 7) is 4.39. The minimum atomic E-state index is -1.30. The summed E-state index contributed by atoms with van der Waals surface area (Å²) in [6.07, 6.45) is 1.35. The second-order valence-electron chi connectivity index (χ2n) is 7.51. The summed E-state index contributed by atoms with van der Waals surface area (Å²) in [7, 11) is 1.96. The van der Waals surface area contributed by atoms with E-state index in [1.165, 1.54) is 11.1 Å². The van der Waals surface area contributed by atoms with Gasteiger partial charge in [-0.05, 0) is 37.9 Å². The number of aryl methyl sites for hydroxylation is 1. The summed E-state index contributed by atoms with van der Waals surface area (Å²) in [5.74, 6) is -0.148. The van der Waals surface area contributed by atoms with Crippen molar-refractivity contribution in [3.63, 3.8) is 0 Å². The standard InChI is InChI=1S/C22H28N2O2/c1-18-8-6-11-20(14-18)16-24-13-7-12-22(26,21(24)25)17-23(2)15-19-9-4-3-5-10-19/h3-6,8-11,14,26H,7,12-13,15-17H2,1-2H3. The number of aliphatic hydroxyl groups is 1. The van der Waals surface area contributed by atoms with E-state index >= 15 is 0 Å². The minimum Gasteiger partial charge on any atom is -0.379 e. The highest BCUT2D eigenvalue weighted by Crippen LogP contribution is 2.25. The first kappa shape index (κ1) is 18.6. The van der Waals surface area contributed by atoms with Gasteiger partial charge in [0.05, 0.1) is 0 Å². The molecule has 2 aromatic rings. The van der Waals surface area contributed by atoms with E-state index in [0.717, 1.165) is 12.0 Å². The van der Waals surface area contributed by atoms with Crippen LogP contribution in [0.3, 0.4) is 0 Å². The van der Waals surface area contributed by atoms with Crippen LogP contribution < -0.4 is 0 Å². The van der Waals surface area contributed by atoms with E-state index in [2.05, 4.69) is 31.2 Å². The first-order valence-electron chi connectivity index (χ1n) is 9.26. The molecule has 1 aliphatic rings. The van der Waals surface area contributed by atoms with Gasteiger partial charge in [0.1, 0.15) is 0 Å². The molecule has 1 aliphatic heterocycles. The monoisotopic (exact) mass is 352 g/mol. The number of likely N-dealkylation sites (N-methyl/N-ethyl adjacent to an activating group) is 1. The molecule has 4 heteroatoms. The zero-order valence-corrected chi connectivity index (χ0v) is 15.7. The van der Waals surface area contributed by atoms with Crippen molar-refractivity contribution < 1.29 is 9.90 Å². The highest BCUT2D eigenvalue weighted by molar-refractivity contribution is 5.86. The Labute approximate surface area is 156 Å². The second kappa shape index (κ2) is 8.02. The number of carbonyl (C=O) groups excluding carboxylic acids is 1. The van der Waals surface area contributed by atoms with Gasteiger partial charge in [0.2, 0.25) is 0 Å². The van der Waals surface area contributed by atoms with Crippen LogP contribution in [0.2, 0.25) is 0 Å². The molecule has 0 aliphatic carbocycles. The fourth-order valence-corrected chi connectivity index (χ4v) is 3.79. The summed E-state index contributed by atoms with van der Waals surface area (Å²) in [4.78, 5) is 16.8. The van der Waals surface area contributed by atoms with E-state index in [9.17, 15) is 9.90 Å². The molecule has 1 N–H and O–H groups in total.